The van der Waals surface area contributed by atoms with Gasteiger partial charge in [-0.1, -0.05) is 13.0 Å². The van der Waals surface area contributed by atoms with E-state index >= 15 is 0 Å². The zero-order chi connectivity index (χ0) is 10.4. The summed E-state index contributed by atoms with van der Waals surface area (Å²) >= 11 is 0. The van der Waals surface area contributed by atoms with E-state index in [9.17, 15) is 4.79 Å². The highest BCUT2D eigenvalue weighted by Crippen LogP contribution is 2.14. The smallest absolute Gasteiger partial charge is 0.249 e. The van der Waals surface area contributed by atoms with Crippen molar-refractivity contribution in [3.05, 3.63) is 12.7 Å². The Morgan fingerprint density at radius 3 is 2.62 bits per heavy atom. The SMILES string of the molecule is C=C[C@H](CO)[C@H](C)C(=O)N(C)OC. The summed E-state index contributed by atoms with van der Waals surface area (Å²) in [6.45, 7) is 5.21. The molecule has 13 heavy (non-hydrogen) atoms. The fraction of sp³-hybridized carbons (Fsp3) is 0.667. The van der Waals surface area contributed by atoms with Gasteiger partial charge in [-0.2, -0.15) is 0 Å². The highest BCUT2D eigenvalue weighted by Gasteiger charge is 2.23. The number of hydrogen-bond acceptors (Lipinski definition) is 3. The van der Waals surface area contributed by atoms with Crippen molar-refractivity contribution in [3.8, 4) is 0 Å². The van der Waals surface area contributed by atoms with E-state index in [-0.39, 0.29) is 24.3 Å². The lowest BCUT2D eigenvalue weighted by atomic mass is 9.94. The zero-order valence-corrected chi connectivity index (χ0v) is 8.36. The number of hydroxylamine groups is 2. The predicted octanol–water partition coefficient (Wildman–Crippen LogP) is 0.437. The van der Waals surface area contributed by atoms with Crippen molar-refractivity contribution in [2.45, 2.75) is 6.92 Å². The number of aliphatic hydroxyl groups excluding tert-OH is 1. The first-order valence-corrected chi connectivity index (χ1v) is 4.13. The Morgan fingerprint density at radius 1 is 1.77 bits per heavy atom. The molecule has 0 rings (SSSR count). The van der Waals surface area contributed by atoms with Crippen LogP contribution in [0.5, 0.6) is 0 Å². The molecule has 4 heteroatoms. The van der Waals surface area contributed by atoms with Crippen LogP contribution in [0.2, 0.25) is 0 Å². The lowest BCUT2D eigenvalue weighted by molar-refractivity contribution is -0.174. The molecule has 2 atom stereocenters. The van der Waals surface area contributed by atoms with E-state index in [1.54, 1.807) is 13.0 Å². The van der Waals surface area contributed by atoms with Gasteiger partial charge in [0.2, 0.25) is 5.91 Å². The standard InChI is InChI=1S/C9H17NO3/c1-5-8(6-11)7(2)9(12)10(3)13-4/h5,7-8,11H,1,6H2,2-4H3/t7-,8+/m0/s1. The molecule has 0 spiro atoms. The van der Waals surface area contributed by atoms with E-state index in [0.717, 1.165) is 5.06 Å². The minimum absolute atomic E-state index is 0.0754. The Bertz CT molecular complexity index is 182. The molecule has 0 saturated heterocycles. The van der Waals surface area contributed by atoms with Crippen molar-refractivity contribution in [1.82, 2.24) is 5.06 Å². The van der Waals surface area contributed by atoms with Crippen molar-refractivity contribution < 1.29 is 14.7 Å². The van der Waals surface area contributed by atoms with Gasteiger partial charge in [0.1, 0.15) is 0 Å². The molecule has 1 amide bonds. The number of rotatable bonds is 5. The molecule has 0 saturated carbocycles. The Labute approximate surface area is 78.8 Å². The summed E-state index contributed by atoms with van der Waals surface area (Å²) in [6, 6.07) is 0. The molecule has 0 aliphatic heterocycles. The number of nitrogens with zero attached hydrogens (tertiary/aromatic N) is 1. The highest BCUT2D eigenvalue weighted by atomic mass is 16.7. The van der Waals surface area contributed by atoms with E-state index in [0.29, 0.717) is 0 Å². The Hall–Kier alpha value is -0.870. The van der Waals surface area contributed by atoms with E-state index < -0.39 is 0 Å². The van der Waals surface area contributed by atoms with Crippen LogP contribution in [0.15, 0.2) is 12.7 Å². The number of amides is 1. The first-order chi connectivity index (χ1) is 6.08. The fourth-order valence-electron chi connectivity index (χ4n) is 0.997. The lowest BCUT2D eigenvalue weighted by Gasteiger charge is -2.22. The van der Waals surface area contributed by atoms with Crippen molar-refractivity contribution in [2.75, 3.05) is 20.8 Å². The first-order valence-electron chi connectivity index (χ1n) is 4.13. The van der Waals surface area contributed by atoms with Gasteiger partial charge in [0.05, 0.1) is 13.7 Å². The number of carbonyl (C=O) groups is 1. The third-order valence-corrected chi connectivity index (χ3v) is 2.13. The first kappa shape index (κ1) is 12.1. The number of carbonyl (C=O) groups excluding carboxylic acids is 1. The summed E-state index contributed by atoms with van der Waals surface area (Å²) < 4.78 is 0. The summed E-state index contributed by atoms with van der Waals surface area (Å²) in [6.07, 6.45) is 1.58. The van der Waals surface area contributed by atoms with Gasteiger partial charge in [-0.25, -0.2) is 5.06 Å². The van der Waals surface area contributed by atoms with E-state index in [1.807, 2.05) is 0 Å². The normalized spacial score (nSPS) is 14.8. The molecular formula is C9H17NO3. The van der Waals surface area contributed by atoms with Gasteiger partial charge < -0.3 is 5.11 Å². The van der Waals surface area contributed by atoms with Crippen LogP contribution in [0.25, 0.3) is 0 Å². The summed E-state index contributed by atoms with van der Waals surface area (Å²) in [5.74, 6) is -0.695. The zero-order valence-electron chi connectivity index (χ0n) is 8.36. The van der Waals surface area contributed by atoms with E-state index in [1.165, 1.54) is 14.2 Å². The van der Waals surface area contributed by atoms with Gasteiger partial charge in [-0.15, -0.1) is 6.58 Å². The van der Waals surface area contributed by atoms with Gasteiger partial charge in [0, 0.05) is 18.9 Å². The topological polar surface area (TPSA) is 49.8 Å². The van der Waals surface area contributed by atoms with Crippen LogP contribution < -0.4 is 0 Å². The van der Waals surface area contributed by atoms with Crippen LogP contribution in [-0.4, -0.2) is 36.8 Å². The second-order valence-electron chi connectivity index (χ2n) is 2.89. The molecule has 0 aromatic rings. The molecule has 1 N–H and O–H groups in total. The molecule has 0 fully saturated rings. The molecule has 0 aromatic carbocycles. The van der Waals surface area contributed by atoms with Gasteiger partial charge >= 0.3 is 0 Å². The van der Waals surface area contributed by atoms with Crippen molar-refractivity contribution >= 4 is 5.91 Å². The Balaban J connectivity index is 4.30. The van der Waals surface area contributed by atoms with Crippen LogP contribution in [0.3, 0.4) is 0 Å². The molecular weight excluding hydrogens is 170 g/mol. The average molecular weight is 187 g/mol. The van der Waals surface area contributed by atoms with Gasteiger partial charge in [0.15, 0.2) is 0 Å². The maximum absolute atomic E-state index is 11.5. The van der Waals surface area contributed by atoms with Crippen LogP contribution in [0.1, 0.15) is 6.92 Å². The Morgan fingerprint density at radius 2 is 2.31 bits per heavy atom. The largest absolute Gasteiger partial charge is 0.396 e. The Kier molecular flexibility index (Phi) is 5.34. The quantitative estimate of drug-likeness (QED) is 0.502. The second-order valence-corrected chi connectivity index (χ2v) is 2.89. The maximum Gasteiger partial charge on any atom is 0.249 e. The molecule has 0 heterocycles. The molecule has 76 valence electrons. The van der Waals surface area contributed by atoms with Gasteiger partial charge in [-0.3, -0.25) is 9.63 Å². The van der Waals surface area contributed by atoms with Crippen molar-refractivity contribution in [1.29, 1.82) is 0 Å². The molecule has 0 unspecified atom stereocenters. The number of aliphatic hydroxyl groups is 1. The average Bonchev–Trinajstić information content (AvgIpc) is 2.17. The third kappa shape index (κ3) is 3.16. The van der Waals surface area contributed by atoms with Gasteiger partial charge in [0.25, 0.3) is 0 Å². The second kappa shape index (κ2) is 5.72. The minimum atomic E-state index is -0.313. The van der Waals surface area contributed by atoms with E-state index in [2.05, 4.69) is 6.58 Å². The van der Waals surface area contributed by atoms with Crippen LogP contribution in [0.4, 0.5) is 0 Å². The third-order valence-electron chi connectivity index (χ3n) is 2.13. The van der Waals surface area contributed by atoms with Crippen molar-refractivity contribution in [3.63, 3.8) is 0 Å². The summed E-state index contributed by atoms with van der Waals surface area (Å²) in [4.78, 5) is 16.2. The van der Waals surface area contributed by atoms with Crippen LogP contribution in [0, 0.1) is 11.8 Å². The summed E-state index contributed by atoms with van der Waals surface area (Å²) in [7, 11) is 2.96. The molecule has 0 aliphatic rings. The summed E-state index contributed by atoms with van der Waals surface area (Å²) in [5.41, 5.74) is 0. The van der Waals surface area contributed by atoms with Gasteiger partial charge in [-0.05, 0) is 0 Å². The minimum Gasteiger partial charge on any atom is -0.396 e. The molecule has 4 nitrogen and oxygen atoms in total. The van der Waals surface area contributed by atoms with Crippen LogP contribution in [-0.2, 0) is 9.63 Å². The summed E-state index contributed by atoms with van der Waals surface area (Å²) in [5, 5.41) is 10.1. The van der Waals surface area contributed by atoms with Crippen molar-refractivity contribution in [2.24, 2.45) is 11.8 Å². The maximum atomic E-state index is 11.5. The molecule has 0 aromatic heterocycles. The molecule has 0 aliphatic carbocycles. The monoisotopic (exact) mass is 187 g/mol. The van der Waals surface area contributed by atoms with Crippen LogP contribution >= 0.6 is 0 Å². The molecule has 0 radical (unpaired) electrons. The highest BCUT2D eigenvalue weighted by molar-refractivity contribution is 5.77. The molecule has 0 bridgehead atoms. The number of hydrogen-bond donors (Lipinski definition) is 1. The lowest BCUT2D eigenvalue weighted by Crippen LogP contribution is -2.34. The van der Waals surface area contributed by atoms with E-state index in [4.69, 9.17) is 9.94 Å². The fourth-order valence-corrected chi connectivity index (χ4v) is 0.997. The predicted molar refractivity (Wildman–Crippen MR) is 49.7 cm³/mol.